The van der Waals surface area contributed by atoms with Gasteiger partial charge >= 0.3 is 5.97 Å². The number of carbonyl (C=O) groups excluding carboxylic acids is 1. The highest BCUT2D eigenvalue weighted by atomic mass is 16.5. The number of carbonyl (C=O) groups is 1. The predicted molar refractivity (Wildman–Crippen MR) is 43.8 cm³/mol. The number of hydrogen-bond acceptors (Lipinski definition) is 3. The normalized spacial score (nSPS) is 6.73. The van der Waals surface area contributed by atoms with Crippen LogP contribution in [0, 0.1) is 0 Å². The van der Waals surface area contributed by atoms with Gasteiger partial charge < -0.3 is 9.47 Å². The first kappa shape index (κ1) is 12.4. The first-order valence-electron chi connectivity index (χ1n) is 3.17. The molecule has 0 atom stereocenters. The molecule has 3 heteroatoms. The van der Waals surface area contributed by atoms with Gasteiger partial charge in [-0.25, -0.2) is 0 Å². The third-order valence-corrected chi connectivity index (χ3v) is 0.670. The van der Waals surface area contributed by atoms with E-state index in [1.165, 1.54) is 6.26 Å². The fraction of sp³-hybridized carbons (Fsp3) is 0.375. The Labute approximate surface area is 67.3 Å². The van der Waals surface area contributed by atoms with Crippen molar-refractivity contribution in [3.8, 4) is 0 Å². The van der Waals surface area contributed by atoms with E-state index in [9.17, 15) is 4.79 Å². The zero-order chi connectivity index (χ0) is 9.11. The van der Waals surface area contributed by atoms with Gasteiger partial charge in [-0.1, -0.05) is 20.1 Å². The summed E-state index contributed by atoms with van der Waals surface area (Å²) in [5.41, 5.74) is 0. The van der Waals surface area contributed by atoms with Gasteiger partial charge in [0, 0.05) is 6.42 Å². The van der Waals surface area contributed by atoms with Crippen LogP contribution in [0.25, 0.3) is 0 Å². The SMILES string of the molecule is C=COC.C=COC(=O)CC. The number of methoxy groups -OCH3 is 1. The van der Waals surface area contributed by atoms with Crippen LogP contribution in [0.3, 0.4) is 0 Å². The third kappa shape index (κ3) is 17.7. The van der Waals surface area contributed by atoms with E-state index in [0.29, 0.717) is 6.42 Å². The van der Waals surface area contributed by atoms with Gasteiger partial charge in [0.25, 0.3) is 0 Å². The molecule has 0 aliphatic heterocycles. The molecular formula is C8H14O3. The molecule has 0 bridgehead atoms. The monoisotopic (exact) mass is 158 g/mol. The number of rotatable bonds is 3. The van der Waals surface area contributed by atoms with E-state index in [2.05, 4.69) is 22.6 Å². The van der Waals surface area contributed by atoms with Crippen molar-refractivity contribution in [1.82, 2.24) is 0 Å². The Morgan fingerprint density at radius 3 is 2.00 bits per heavy atom. The van der Waals surface area contributed by atoms with Crippen molar-refractivity contribution < 1.29 is 14.3 Å². The molecule has 0 amide bonds. The van der Waals surface area contributed by atoms with Crippen molar-refractivity contribution in [2.45, 2.75) is 13.3 Å². The second kappa shape index (κ2) is 11.5. The minimum Gasteiger partial charge on any atom is -0.505 e. The molecule has 3 nitrogen and oxygen atoms in total. The van der Waals surface area contributed by atoms with E-state index in [1.807, 2.05) is 0 Å². The Kier molecular flexibility index (Phi) is 13.0. The van der Waals surface area contributed by atoms with Crippen molar-refractivity contribution in [3.05, 3.63) is 25.7 Å². The van der Waals surface area contributed by atoms with Crippen LogP contribution < -0.4 is 0 Å². The van der Waals surface area contributed by atoms with E-state index in [-0.39, 0.29) is 5.97 Å². The molecule has 64 valence electrons. The Balaban J connectivity index is 0. The molecule has 0 aromatic rings. The highest BCUT2D eigenvalue weighted by Crippen LogP contribution is 1.81. The van der Waals surface area contributed by atoms with Crippen LogP contribution in [0.15, 0.2) is 25.7 Å². The van der Waals surface area contributed by atoms with Crippen LogP contribution in [0.4, 0.5) is 0 Å². The average Bonchev–Trinajstić information content (AvgIpc) is 2.05. The molecule has 0 aliphatic carbocycles. The molecule has 0 rings (SSSR count). The molecule has 0 saturated carbocycles. The molecular weight excluding hydrogens is 144 g/mol. The van der Waals surface area contributed by atoms with E-state index in [4.69, 9.17) is 0 Å². The van der Waals surface area contributed by atoms with Crippen LogP contribution in [0.5, 0.6) is 0 Å². The third-order valence-electron chi connectivity index (χ3n) is 0.670. The van der Waals surface area contributed by atoms with Gasteiger partial charge in [0.15, 0.2) is 0 Å². The molecule has 0 saturated heterocycles. The summed E-state index contributed by atoms with van der Waals surface area (Å²) in [7, 11) is 1.56. The summed E-state index contributed by atoms with van der Waals surface area (Å²) in [6.07, 6.45) is 2.91. The van der Waals surface area contributed by atoms with Crippen molar-refractivity contribution >= 4 is 5.97 Å². The summed E-state index contributed by atoms with van der Waals surface area (Å²) in [5.74, 6) is -0.241. The maximum absolute atomic E-state index is 10.1. The molecule has 0 radical (unpaired) electrons. The predicted octanol–water partition coefficient (Wildman–Crippen LogP) is 1.86. The standard InChI is InChI=1S/C5H8O2.C3H6O/c1-3-5(6)7-4-2;1-3-4-2/h4H,2-3H2,1H3;3H,1H2,2H3. The van der Waals surface area contributed by atoms with Crippen LogP contribution in [0.2, 0.25) is 0 Å². The van der Waals surface area contributed by atoms with Gasteiger partial charge in [0.05, 0.1) is 19.6 Å². The van der Waals surface area contributed by atoms with Crippen molar-refractivity contribution in [2.24, 2.45) is 0 Å². The van der Waals surface area contributed by atoms with Gasteiger partial charge in [-0.05, 0) is 0 Å². The summed E-state index contributed by atoms with van der Waals surface area (Å²) in [6, 6.07) is 0. The first-order chi connectivity index (χ1) is 5.22. The number of ether oxygens (including phenoxy) is 2. The molecule has 0 unspecified atom stereocenters. The van der Waals surface area contributed by atoms with Gasteiger partial charge in [-0.15, -0.1) is 0 Å². The highest BCUT2D eigenvalue weighted by Gasteiger charge is 1.89. The van der Waals surface area contributed by atoms with E-state index >= 15 is 0 Å². The smallest absolute Gasteiger partial charge is 0.310 e. The minimum atomic E-state index is -0.241. The maximum Gasteiger partial charge on any atom is 0.310 e. The van der Waals surface area contributed by atoms with E-state index in [0.717, 1.165) is 6.26 Å². The van der Waals surface area contributed by atoms with Crippen molar-refractivity contribution in [1.29, 1.82) is 0 Å². The van der Waals surface area contributed by atoms with Crippen molar-refractivity contribution in [3.63, 3.8) is 0 Å². The number of hydrogen-bond donors (Lipinski definition) is 0. The fourth-order valence-electron chi connectivity index (χ4n) is 0.176. The van der Waals surface area contributed by atoms with Gasteiger partial charge in [-0.3, -0.25) is 4.79 Å². The molecule has 0 aromatic carbocycles. The van der Waals surface area contributed by atoms with Crippen molar-refractivity contribution in [2.75, 3.05) is 7.11 Å². The molecule has 0 spiro atoms. The Morgan fingerprint density at radius 2 is 1.91 bits per heavy atom. The molecule has 0 fully saturated rings. The fourth-order valence-corrected chi connectivity index (χ4v) is 0.176. The second-order valence-electron chi connectivity index (χ2n) is 1.41. The average molecular weight is 158 g/mol. The Hall–Kier alpha value is -1.25. The molecule has 0 N–H and O–H groups in total. The summed E-state index contributed by atoms with van der Waals surface area (Å²) in [6.45, 7) is 8.19. The van der Waals surface area contributed by atoms with Crippen LogP contribution in [0.1, 0.15) is 13.3 Å². The lowest BCUT2D eigenvalue weighted by atomic mass is 10.5. The van der Waals surface area contributed by atoms with E-state index in [1.54, 1.807) is 14.0 Å². The molecule has 11 heavy (non-hydrogen) atoms. The minimum absolute atomic E-state index is 0.241. The van der Waals surface area contributed by atoms with Gasteiger partial charge in [0.2, 0.25) is 0 Å². The maximum atomic E-state index is 10.1. The lowest BCUT2D eigenvalue weighted by Crippen LogP contribution is -1.94. The quantitative estimate of drug-likeness (QED) is 0.464. The van der Waals surface area contributed by atoms with Crippen LogP contribution >= 0.6 is 0 Å². The summed E-state index contributed by atoms with van der Waals surface area (Å²) in [5, 5.41) is 0. The lowest BCUT2D eigenvalue weighted by molar-refractivity contribution is -0.137. The Morgan fingerprint density at radius 1 is 1.45 bits per heavy atom. The van der Waals surface area contributed by atoms with E-state index < -0.39 is 0 Å². The largest absolute Gasteiger partial charge is 0.505 e. The lowest BCUT2D eigenvalue weighted by Gasteiger charge is -1.88. The zero-order valence-corrected chi connectivity index (χ0v) is 7.00. The summed E-state index contributed by atoms with van der Waals surface area (Å²) >= 11 is 0. The first-order valence-corrected chi connectivity index (χ1v) is 3.17. The van der Waals surface area contributed by atoms with Crippen LogP contribution in [-0.4, -0.2) is 13.1 Å². The molecule has 0 aliphatic rings. The number of esters is 1. The Bertz CT molecular complexity index is 119. The topological polar surface area (TPSA) is 35.5 Å². The highest BCUT2D eigenvalue weighted by molar-refractivity contribution is 5.69. The molecule has 0 heterocycles. The zero-order valence-electron chi connectivity index (χ0n) is 7.00. The van der Waals surface area contributed by atoms with Gasteiger partial charge in [0.1, 0.15) is 0 Å². The summed E-state index contributed by atoms with van der Waals surface area (Å²) < 4.78 is 8.62. The molecule has 0 aromatic heterocycles. The van der Waals surface area contributed by atoms with Crippen LogP contribution in [-0.2, 0) is 14.3 Å². The second-order valence-corrected chi connectivity index (χ2v) is 1.41. The summed E-state index contributed by atoms with van der Waals surface area (Å²) in [4.78, 5) is 10.1. The van der Waals surface area contributed by atoms with Gasteiger partial charge in [-0.2, -0.15) is 0 Å².